The fraction of sp³-hybridized carbons (Fsp3) is 0.0588. The van der Waals surface area contributed by atoms with Crippen LogP contribution in [-0.2, 0) is 0 Å². The molecule has 0 aliphatic heterocycles. The maximum absolute atomic E-state index is 12.3. The second-order valence-electron chi connectivity index (χ2n) is 5.07. The van der Waals surface area contributed by atoms with Crippen molar-refractivity contribution in [3.8, 4) is 0 Å². The van der Waals surface area contributed by atoms with Crippen LogP contribution in [-0.4, -0.2) is 17.1 Å². The van der Waals surface area contributed by atoms with E-state index in [0.29, 0.717) is 15.7 Å². The molecule has 0 aliphatic rings. The van der Waals surface area contributed by atoms with Crippen molar-refractivity contribution in [1.29, 1.82) is 0 Å². The van der Waals surface area contributed by atoms with E-state index >= 15 is 0 Å². The summed E-state index contributed by atoms with van der Waals surface area (Å²) in [5.41, 5.74) is 5.52. The van der Waals surface area contributed by atoms with Crippen LogP contribution in [0.1, 0.15) is 21.6 Å². The number of amides is 1. The summed E-state index contributed by atoms with van der Waals surface area (Å²) in [4.78, 5) is 15.3. The van der Waals surface area contributed by atoms with Gasteiger partial charge in [-0.3, -0.25) is 4.79 Å². The third-order valence-corrected chi connectivity index (χ3v) is 3.98. The maximum atomic E-state index is 12.3. The van der Waals surface area contributed by atoms with Crippen LogP contribution in [0.5, 0.6) is 0 Å². The molecule has 2 aromatic carbocycles. The highest BCUT2D eigenvalue weighted by Crippen LogP contribution is 2.24. The van der Waals surface area contributed by atoms with Crippen LogP contribution < -0.4 is 5.43 Å². The van der Waals surface area contributed by atoms with Crippen LogP contribution in [0.25, 0.3) is 10.9 Å². The van der Waals surface area contributed by atoms with Crippen molar-refractivity contribution in [2.24, 2.45) is 5.10 Å². The van der Waals surface area contributed by atoms with Crippen molar-refractivity contribution in [3.05, 3.63) is 69.3 Å². The molecule has 1 aromatic heterocycles. The molecule has 4 nitrogen and oxygen atoms in total. The van der Waals surface area contributed by atoms with Crippen LogP contribution >= 0.6 is 23.2 Å². The van der Waals surface area contributed by atoms with Gasteiger partial charge in [0.1, 0.15) is 5.69 Å². The fourth-order valence-corrected chi connectivity index (χ4v) is 2.59. The number of hydrazone groups is 1. The van der Waals surface area contributed by atoms with E-state index in [1.807, 2.05) is 31.2 Å². The lowest BCUT2D eigenvalue weighted by Crippen LogP contribution is -2.18. The Labute approximate surface area is 143 Å². The summed E-state index contributed by atoms with van der Waals surface area (Å²) < 4.78 is 0. The third-order valence-electron chi connectivity index (χ3n) is 3.50. The van der Waals surface area contributed by atoms with Crippen molar-refractivity contribution in [2.45, 2.75) is 6.92 Å². The zero-order valence-corrected chi connectivity index (χ0v) is 13.7. The van der Waals surface area contributed by atoms with Gasteiger partial charge in [-0.15, -0.1) is 0 Å². The first kappa shape index (κ1) is 15.6. The van der Waals surface area contributed by atoms with Gasteiger partial charge in [-0.25, -0.2) is 5.43 Å². The number of rotatable bonds is 3. The first-order chi connectivity index (χ1) is 11.0. The Kier molecular flexibility index (Phi) is 4.37. The van der Waals surface area contributed by atoms with E-state index in [1.54, 1.807) is 24.4 Å². The largest absolute Gasteiger partial charge is 0.350 e. The number of H-pyrrole nitrogens is 1. The molecule has 0 saturated carbocycles. The number of carbonyl (C=O) groups excluding carboxylic acids is 1. The van der Waals surface area contributed by atoms with Gasteiger partial charge in [-0.2, -0.15) is 5.10 Å². The first-order valence-electron chi connectivity index (χ1n) is 6.91. The molecule has 0 atom stereocenters. The van der Waals surface area contributed by atoms with E-state index in [2.05, 4.69) is 15.5 Å². The summed E-state index contributed by atoms with van der Waals surface area (Å²) in [5, 5.41) is 6.17. The molecule has 3 aromatic rings. The smallest absolute Gasteiger partial charge is 0.288 e. The van der Waals surface area contributed by atoms with Gasteiger partial charge in [0, 0.05) is 20.9 Å². The van der Waals surface area contributed by atoms with E-state index in [4.69, 9.17) is 23.2 Å². The number of fused-ring (bicyclic) bond motifs is 1. The van der Waals surface area contributed by atoms with Gasteiger partial charge in [-0.05, 0) is 48.4 Å². The standard InChI is InChI=1S/C17H13Cl2N3O/c1-10-14-8-13(19)6-7-15(14)21-16(10)17(23)22-20-9-11-2-4-12(18)5-3-11/h2-9,21H,1H3,(H,22,23)/b20-9-. The summed E-state index contributed by atoms with van der Waals surface area (Å²) in [6, 6.07) is 12.6. The molecule has 1 heterocycles. The number of nitrogens with one attached hydrogen (secondary N) is 2. The maximum Gasteiger partial charge on any atom is 0.288 e. The number of halogens is 2. The summed E-state index contributed by atoms with van der Waals surface area (Å²) in [5.74, 6) is -0.306. The minimum absolute atomic E-state index is 0.306. The Morgan fingerprint density at radius 1 is 1.13 bits per heavy atom. The molecule has 6 heteroatoms. The second kappa shape index (κ2) is 6.44. The van der Waals surface area contributed by atoms with Crippen LogP contribution in [0, 0.1) is 6.92 Å². The molecule has 116 valence electrons. The van der Waals surface area contributed by atoms with Crippen molar-refractivity contribution in [3.63, 3.8) is 0 Å². The SMILES string of the molecule is Cc1c(C(=O)N/N=C\c2ccc(Cl)cc2)[nH]c2ccc(Cl)cc12. The molecule has 0 spiro atoms. The first-order valence-corrected chi connectivity index (χ1v) is 7.67. The van der Waals surface area contributed by atoms with Crippen molar-refractivity contribution in [1.82, 2.24) is 10.4 Å². The fourth-order valence-electron chi connectivity index (χ4n) is 2.30. The number of benzene rings is 2. The van der Waals surface area contributed by atoms with Gasteiger partial charge < -0.3 is 4.98 Å². The lowest BCUT2D eigenvalue weighted by molar-refractivity contribution is 0.0950. The zero-order chi connectivity index (χ0) is 16.4. The highest BCUT2D eigenvalue weighted by molar-refractivity contribution is 6.31. The van der Waals surface area contributed by atoms with Crippen molar-refractivity contribution in [2.75, 3.05) is 0 Å². The lowest BCUT2D eigenvalue weighted by atomic mass is 10.1. The molecule has 1 amide bonds. The Balaban J connectivity index is 1.78. The summed E-state index contributed by atoms with van der Waals surface area (Å²) in [6.07, 6.45) is 1.56. The summed E-state index contributed by atoms with van der Waals surface area (Å²) in [6.45, 7) is 1.87. The second-order valence-corrected chi connectivity index (χ2v) is 5.94. The van der Waals surface area contributed by atoms with E-state index in [9.17, 15) is 4.79 Å². The van der Waals surface area contributed by atoms with Gasteiger partial charge in [0.15, 0.2) is 0 Å². The number of carbonyl (C=O) groups is 1. The van der Waals surface area contributed by atoms with Crippen LogP contribution in [0.3, 0.4) is 0 Å². The molecule has 0 aliphatic carbocycles. The van der Waals surface area contributed by atoms with Gasteiger partial charge in [-0.1, -0.05) is 35.3 Å². The van der Waals surface area contributed by atoms with E-state index in [0.717, 1.165) is 22.0 Å². The van der Waals surface area contributed by atoms with E-state index in [1.165, 1.54) is 0 Å². The monoisotopic (exact) mass is 345 g/mol. The quantitative estimate of drug-likeness (QED) is 0.531. The molecular formula is C17H13Cl2N3O. The Morgan fingerprint density at radius 2 is 1.83 bits per heavy atom. The average molecular weight is 346 g/mol. The van der Waals surface area contributed by atoms with Gasteiger partial charge in [0.25, 0.3) is 5.91 Å². The Hall–Kier alpha value is -2.30. The topological polar surface area (TPSA) is 57.2 Å². The minimum atomic E-state index is -0.306. The number of nitrogens with zero attached hydrogens (tertiary/aromatic N) is 1. The molecule has 0 unspecified atom stereocenters. The van der Waals surface area contributed by atoms with Crippen LogP contribution in [0.2, 0.25) is 10.0 Å². The molecule has 0 saturated heterocycles. The van der Waals surface area contributed by atoms with E-state index in [-0.39, 0.29) is 5.91 Å². The molecule has 0 fully saturated rings. The van der Waals surface area contributed by atoms with Gasteiger partial charge in [0.05, 0.1) is 6.21 Å². The number of aryl methyl sites for hydroxylation is 1. The molecule has 3 rings (SSSR count). The number of aromatic amines is 1. The highest BCUT2D eigenvalue weighted by atomic mass is 35.5. The zero-order valence-electron chi connectivity index (χ0n) is 12.2. The molecule has 2 N–H and O–H groups in total. The predicted molar refractivity (Wildman–Crippen MR) is 94.6 cm³/mol. The minimum Gasteiger partial charge on any atom is -0.350 e. The normalized spacial score (nSPS) is 11.3. The number of aromatic nitrogens is 1. The molecule has 0 radical (unpaired) electrons. The van der Waals surface area contributed by atoms with Crippen molar-refractivity contribution < 1.29 is 4.79 Å². The van der Waals surface area contributed by atoms with Crippen molar-refractivity contribution >= 4 is 46.2 Å². The number of hydrogen-bond acceptors (Lipinski definition) is 2. The van der Waals surface area contributed by atoms with Crippen LogP contribution in [0.4, 0.5) is 0 Å². The highest BCUT2D eigenvalue weighted by Gasteiger charge is 2.14. The Bertz CT molecular complexity index is 898. The number of hydrogen-bond donors (Lipinski definition) is 2. The van der Waals surface area contributed by atoms with Gasteiger partial charge in [0.2, 0.25) is 0 Å². The Morgan fingerprint density at radius 3 is 2.57 bits per heavy atom. The van der Waals surface area contributed by atoms with Crippen LogP contribution in [0.15, 0.2) is 47.6 Å². The molecule has 0 bridgehead atoms. The van der Waals surface area contributed by atoms with Gasteiger partial charge >= 0.3 is 0 Å². The average Bonchev–Trinajstić information content (AvgIpc) is 2.86. The lowest BCUT2D eigenvalue weighted by Gasteiger charge is -1.99. The third kappa shape index (κ3) is 3.38. The summed E-state index contributed by atoms with van der Waals surface area (Å²) >= 11 is 11.8. The molecular weight excluding hydrogens is 333 g/mol. The predicted octanol–water partition coefficient (Wildman–Crippen LogP) is 4.55. The van der Waals surface area contributed by atoms with E-state index < -0.39 is 0 Å². The summed E-state index contributed by atoms with van der Waals surface area (Å²) in [7, 11) is 0. The molecule has 23 heavy (non-hydrogen) atoms.